The van der Waals surface area contributed by atoms with E-state index in [4.69, 9.17) is 4.74 Å². The first-order valence-corrected chi connectivity index (χ1v) is 20.4. The predicted octanol–water partition coefficient (Wildman–Crippen LogP) is 7.28. The summed E-state index contributed by atoms with van der Waals surface area (Å²) < 4.78 is 5.57. The minimum atomic E-state index is -1.40. The van der Waals surface area contributed by atoms with Gasteiger partial charge < -0.3 is 35.6 Å². The Morgan fingerprint density at radius 3 is 2.53 bits per heavy atom. The number of ketones is 1. The number of rotatable bonds is 9. The molecule has 6 N–H and O–H groups in total. The van der Waals surface area contributed by atoms with Crippen LogP contribution in [0, 0.1) is 41.4 Å². The van der Waals surface area contributed by atoms with E-state index in [2.05, 4.69) is 48.4 Å². The SMILES string of the molecule is CCCCCC1C(=O)CC(c2cc(OC)c(O)cc2CO)C(Cc2ccccc2)C#CC2CNC34CCCC5C=Cc6cc(O)c(O)cc6C53C2C1(O)CC4. The molecule has 0 aromatic heterocycles. The number of carbonyl (C=O) groups is 1. The Bertz CT molecular complexity index is 2030. The monoisotopic (exact) mass is 745 g/mol. The normalized spacial score (nSPS) is 33.3. The van der Waals surface area contributed by atoms with E-state index in [1.165, 1.54) is 13.2 Å². The molecule has 55 heavy (non-hydrogen) atoms. The second-order valence-corrected chi connectivity index (χ2v) is 17.0. The van der Waals surface area contributed by atoms with Crippen molar-refractivity contribution in [3.8, 4) is 34.8 Å². The molecule has 5 aliphatic rings. The van der Waals surface area contributed by atoms with Crippen LogP contribution in [0.3, 0.4) is 0 Å². The van der Waals surface area contributed by atoms with E-state index in [1.807, 2.05) is 18.2 Å². The van der Waals surface area contributed by atoms with Gasteiger partial charge in [0, 0.05) is 53.5 Å². The summed E-state index contributed by atoms with van der Waals surface area (Å²) >= 11 is 0. The van der Waals surface area contributed by atoms with Crippen LogP contribution < -0.4 is 10.1 Å². The largest absolute Gasteiger partial charge is 0.504 e. The Morgan fingerprint density at radius 2 is 1.76 bits per heavy atom. The molecule has 8 nitrogen and oxygen atoms in total. The predicted molar refractivity (Wildman–Crippen MR) is 212 cm³/mol. The molecule has 3 aromatic carbocycles. The molecule has 2 bridgehead atoms. The topological polar surface area (TPSA) is 139 Å². The first-order valence-electron chi connectivity index (χ1n) is 20.4. The lowest BCUT2D eigenvalue weighted by Gasteiger charge is -2.72. The molecule has 9 unspecified atom stereocenters. The average Bonchev–Trinajstić information content (AvgIpc) is 3.18. The molecule has 4 aliphatic carbocycles. The molecule has 1 spiro atoms. The maximum absolute atomic E-state index is 15.5. The number of nitrogens with one attached hydrogen (secondary N) is 1. The highest BCUT2D eigenvalue weighted by molar-refractivity contribution is 5.84. The fraction of sp³-hybridized carbons (Fsp3) is 0.511. The smallest absolute Gasteiger partial charge is 0.160 e. The highest BCUT2D eigenvalue weighted by atomic mass is 16.5. The molecule has 0 radical (unpaired) electrons. The highest BCUT2D eigenvalue weighted by Gasteiger charge is 2.74. The number of aliphatic hydroxyl groups is 2. The van der Waals surface area contributed by atoms with Crippen molar-refractivity contribution < 1.29 is 35.1 Å². The summed E-state index contributed by atoms with van der Waals surface area (Å²) in [6.07, 6.45) is 12.2. The molecular weight excluding hydrogens is 691 g/mol. The standard InChI is InChI=1S/C47H55NO7/c1-3-4-6-13-37-39(50)24-35(36-25-43(55-2)42(53)23-33(36)28-49)30(21-29-10-7-5-8-11-29)14-15-32-27-48-45-18-9-12-34-17-16-31-22-40(51)41(52)26-38(31)47(34,45)44(32)46(37,54)20-19-45/h5,7-8,10-11,16-17,22-23,25-26,30,32,34-35,37,44,48-49,51-54H,3-4,6,9,12-13,18-21,24,27-28H2,1-2H3. The third-order valence-corrected chi connectivity index (χ3v) is 14.4. The number of hydrogen-bond acceptors (Lipinski definition) is 8. The number of unbranched alkanes of at least 4 members (excludes halogenated alkanes) is 2. The van der Waals surface area contributed by atoms with Crippen LogP contribution in [0.25, 0.3) is 6.08 Å². The summed E-state index contributed by atoms with van der Waals surface area (Å²) in [5.41, 5.74) is 1.61. The van der Waals surface area contributed by atoms with Gasteiger partial charge in [0.15, 0.2) is 23.0 Å². The van der Waals surface area contributed by atoms with Gasteiger partial charge in [-0.3, -0.25) is 4.79 Å². The van der Waals surface area contributed by atoms with Gasteiger partial charge in [-0.05, 0) is 96.5 Å². The zero-order valence-electron chi connectivity index (χ0n) is 32.1. The Labute approximate surface area is 324 Å². The summed E-state index contributed by atoms with van der Waals surface area (Å²) in [5, 5.41) is 61.2. The molecule has 2 saturated carbocycles. The van der Waals surface area contributed by atoms with Crippen molar-refractivity contribution in [2.24, 2.45) is 29.6 Å². The lowest BCUT2D eigenvalue weighted by molar-refractivity contribution is -0.205. The average molecular weight is 746 g/mol. The quantitative estimate of drug-likeness (QED) is 0.0764. The van der Waals surface area contributed by atoms with Crippen molar-refractivity contribution in [1.29, 1.82) is 0 Å². The van der Waals surface area contributed by atoms with Gasteiger partial charge in [0.2, 0.25) is 0 Å². The number of benzene rings is 3. The van der Waals surface area contributed by atoms with Gasteiger partial charge in [-0.1, -0.05) is 86.9 Å². The van der Waals surface area contributed by atoms with Gasteiger partial charge in [-0.25, -0.2) is 0 Å². The van der Waals surface area contributed by atoms with Crippen LogP contribution in [0.4, 0.5) is 0 Å². The molecule has 1 aliphatic heterocycles. The van der Waals surface area contributed by atoms with Crippen molar-refractivity contribution in [2.75, 3.05) is 13.7 Å². The maximum atomic E-state index is 15.5. The number of aliphatic hydroxyl groups excluding tert-OH is 1. The zero-order valence-corrected chi connectivity index (χ0v) is 32.1. The van der Waals surface area contributed by atoms with Crippen LogP contribution in [0.1, 0.15) is 105 Å². The van der Waals surface area contributed by atoms with Gasteiger partial charge in [-0.15, -0.1) is 0 Å². The van der Waals surface area contributed by atoms with E-state index in [0.717, 1.165) is 55.2 Å². The van der Waals surface area contributed by atoms with Crippen LogP contribution in [0.5, 0.6) is 23.0 Å². The van der Waals surface area contributed by atoms with Crippen molar-refractivity contribution >= 4 is 11.9 Å². The van der Waals surface area contributed by atoms with Crippen LogP contribution in [-0.2, 0) is 23.2 Å². The zero-order chi connectivity index (χ0) is 38.5. The Balaban J connectivity index is 1.38. The molecule has 8 rings (SSSR count). The second kappa shape index (κ2) is 14.7. The molecule has 1 heterocycles. The summed E-state index contributed by atoms with van der Waals surface area (Å²) in [5.74, 6) is 5.18. The second-order valence-electron chi connectivity index (χ2n) is 17.0. The Morgan fingerprint density at radius 1 is 0.964 bits per heavy atom. The number of phenols is 3. The van der Waals surface area contributed by atoms with Gasteiger partial charge >= 0.3 is 0 Å². The molecule has 1 saturated heterocycles. The number of Topliss-reactive ketones (excluding diaryl/α,β-unsaturated/α-hetero) is 1. The van der Waals surface area contributed by atoms with Crippen molar-refractivity contribution in [2.45, 2.75) is 107 Å². The number of aromatic hydroxyl groups is 3. The minimum Gasteiger partial charge on any atom is -0.504 e. The Hall–Kier alpha value is -4.29. The number of piperidine rings is 1. The Kier molecular flexibility index (Phi) is 10.0. The third kappa shape index (κ3) is 5.97. The van der Waals surface area contributed by atoms with E-state index in [0.29, 0.717) is 43.4 Å². The molecule has 290 valence electrons. The van der Waals surface area contributed by atoms with E-state index < -0.39 is 28.8 Å². The summed E-state index contributed by atoms with van der Waals surface area (Å²) in [6.45, 7) is 2.38. The summed E-state index contributed by atoms with van der Waals surface area (Å²) in [4.78, 5) is 15.5. The number of fused-ring (bicyclic) bond motifs is 1. The van der Waals surface area contributed by atoms with E-state index in [-0.39, 0.29) is 65.1 Å². The fourth-order valence-electron chi connectivity index (χ4n) is 12.1. The van der Waals surface area contributed by atoms with Gasteiger partial charge in [0.05, 0.1) is 19.3 Å². The van der Waals surface area contributed by atoms with Crippen LogP contribution in [0.15, 0.2) is 60.7 Å². The molecular formula is C47H55NO7. The van der Waals surface area contributed by atoms with Crippen molar-refractivity contribution in [1.82, 2.24) is 5.32 Å². The molecule has 0 amide bonds. The molecule has 3 fully saturated rings. The molecule has 8 heteroatoms. The van der Waals surface area contributed by atoms with E-state index in [1.54, 1.807) is 18.2 Å². The summed E-state index contributed by atoms with van der Waals surface area (Å²) in [7, 11) is 1.49. The minimum absolute atomic E-state index is 0.00466. The van der Waals surface area contributed by atoms with E-state index in [9.17, 15) is 25.5 Å². The highest BCUT2D eigenvalue weighted by Crippen LogP contribution is 2.69. The van der Waals surface area contributed by atoms with Crippen molar-refractivity contribution in [3.05, 3.63) is 88.5 Å². The number of methoxy groups -OCH3 is 1. The first kappa shape index (κ1) is 37.6. The number of carbonyl (C=O) groups excluding carboxylic acids is 1. The van der Waals surface area contributed by atoms with Crippen LogP contribution >= 0.6 is 0 Å². The third-order valence-electron chi connectivity index (χ3n) is 14.4. The molecule has 3 aromatic rings. The number of ether oxygens (including phenoxy) is 1. The van der Waals surface area contributed by atoms with Gasteiger partial charge in [0.25, 0.3) is 0 Å². The summed E-state index contributed by atoms with van der Waals surface area (Å²) in [6, 6.07) is 16.8. The van der Waals surface area contributed by atoms with Crippen LogP contribution in [0.2, 0.25) is 0 Å². The lowest BCUT2D eigenvalue weighted by atomic mass is 9.35. The first-order chi connectivity index (χ1) is 26.6. The lowest BCUT2D eigenvalue weighted by Crippen LogP contribution is -2.81. The number of hydrogen-bond donors (Lipinski definition) is 6. The van der Waals surface area contributed by atoms with Crippen molar-refractivity contribution in [3.63, 3.8) is 0 Å². The van der Waals surface area contributed by atoms with Gasteiger partial charge in [-0.2, -0.15) is 0 Å². The maximum Gasteiger partial charge on any atom is 0.160 e. The van der Waals surface area contributed by atoms with Gasteiger partial charge in [0.1, 0.15) is 5.78 Å². The molecule has 9 atom stereocenters. The fourth-order valence-corrected chi connectivity index (χ4v) is 12.1. The van der Waals surface area contributed by atoms with Crippen LogP contribution in [-0.4, -0.2) is 56.1 Å². The van der Waals surface area contributed by atoms with E-state index >= 15 is 4.79 Å². The number of phenolic OH excluding ortho intramolecular Hbond substituents is 3. The number of allylic oxidation sites excluding steroid dienone is 1.